The van der Waals surface area contributed by atoms with Crippen molar-refractivity contribution < 1.29 is 24.2 Å². The Bertz CT molecular complexity index is 936. The number of carbonyl (C=O) groups is 3. The van der Waals surface area contributed by atoms with Crippen LogP contribution in [0.4, 0.5) is 5.69 Å². The number of aliphatic hydroxyl groups is 1. The molecule has 3 heterocycles. The molecule has 7 atom stereocenters. The number of nitrogens with zero attached hydrogens (tertiary/aromatic N) is 1. The van der Waals surface area contributed by atoms with Gasteiger partial charge in [0.2, 0.25) is 17.7 Å². The second kappa shape index (κ2) is 9.30. The van der Waals surface area contributed by atoms with Crippen molar-refractivity contribution in [1.29, 1.82) is 0 Å². The highest BCUT2D eigenvalue weighted by atomic mass is 16.5. The van der Waals surface area contributed by atoms with E-state index in [0.717, 1.165) is 12.8 Å². The van der Waals surface area contributed by atoms with Gasteiger partial charge in [-0.1, -0.05) is 38.5 Å². The van der Waals surface area contributed by atoms with Gasteiger partial charge in [0.05, 0.1) is 30.1 Å². The first kappa shape index (κ1) is 24.7. The minimum atomic E-state index is -1.08. The fourth-order valence-corrected chi connectivity index (χ4v) is 6.44. The van der Waals surface area contributed by atoms with Crippen LogP contribution in [-0.2, 0) is 19.1 Å². The molecular formula is C26H37N3O5. The van der Waals surface area contributed by atoms with Crippen LogP contribution < -0.4 is 10.6 Å². The third kappa shape index (κ3) is 3.81. The summed E-state index contributed by atoms with van der Waals surface area (Å²) in [7, 11) is 0. The number of nitrogens with one attached hydrogen (secondary N) is 2. The van der Waals surface area contributed by atoms with Gasteiger partial charge in [0.25, 0.3) is 0 Å². The minimum absolute atomic E-state index is 0.0505. The number of ether oxygens (including phenoxy) is 1. The van der Waals surface area contributed by atoms with Gasteiger partial charge in [-0.05, 0) is 51.7 Å². The summed E-state index contributed by atoms with van der Waals surface area (Å²) >= 11 is 0. The van der Waals surface area contributed by atoms with E-state index in [4.69, 9.17) is 4.74 Å². The van der Waals surface area contributed by atoms with E-state index in [1.165, 1.54) is 4.90 Å². The Morgan fingerprint density at radius 2 is 1.91 bits per heavy atom. The van der Waals surface area contributed by atoms with E-state index < -0.39 is 35.1 Å². The SMILES string of the molecule is CCCC(C)NC(=O)C1N([C@@H](CC)CO)C(=O)[C@@H]2[C@@H](C(=O)Nc3ccccc3)[C@@]3(C)CCC12O3. The van der Waals surface area contributed by atoms with Crippen LogP contribution in [0.5, 0.6) is 0 Å². The third-order valence-electron chi connectivity index (χ3n) is 7.97. The highest BCUT2D eigenvalue weighted by molar-refractivity contribution is 6.02. The molecule has 0 aliphatic carbocycles. The van der Waals surface area contributed by atoms with Crippen molar-refractivity contribution >= 4 is 23.4 Å². The second-order valence-electron chi connectivity index (χ2n) is 10.3. The smallest absolute Gasteiger partial charge is 0.246 e. The maximum Gasteiger partial charge on any atom is 0.246 e. The number of benzene rings is 1. The predicted molar refractivity (Wildman–Crippen MR) is 128 cm³/mol. The van der Waals surface area contributed by atoms with Crippen molar-refractivity contribution in [1.82, 2.24) is 10.2 Å². The standard InChI is InChI=1S/C26H37N3O5/c1-5-10-16(3)27-23(32)21-26-14-13-25(4,34-26)19(22(31)28-17-11-8-7-9-12-17)20(26)24(33)29(21)18(6-2)15-30/h7-9,11-12,16,18-21,30H,5-6,10,13-15H2,1-4H3,(H,27,32)(H,28,31)/t16?,18-,19-,20-,21?,25+,26?/m0/s1. The first-order chi connectivity index (χ1) is 16.2. The van der Waals surface area contributed by atoms with Crippen LogP contribution in [0.3, 0.4) is 0 Å². The summed E-state index contributed by atoms with van der Waals surface area (Å²) in [5.41, 5.74) is -1.26. The molecule has 186 valence electrons. The molecule has 8 heteroatoms. The number of amides is 3. The lowest BCUT2D eigenvalue weighted by Gasteiger charge is -2.37. The Labute approximate surface area is 201 Å². The number of para-hydroxylation sites is 1. The topological polar surface area (TPSA) is 108 Å². The van der Waals surface area contributed by atoms with Gasteiger partial charge in [-0.2, -0.15) is 0 Å². The normalized spacial score (nSPS) is 33.5. The summed E-state index contributed by atoms with van der Waals surface area (Å²) in [5.74, 6) is -2.31. The second-order valence-corrected chi connectivity index (χ2v) is 10.3. The van der Waals surface area contributed by atoms with Gasteiger partial charge in [0.1, 0.15) is 11.6 Å². The third-order valence-corrected chi connectivity index (χ3v) is 7.97. The van der Waals surface area contributed by atoms with Crippen molar-refractivity contribution in [3.8, 4) is 0 Å². The zero-order chi connectivity index (χ0) is 24.7. The van der Waals surface area contributed by atoms with Crippen LogP contribution in [0.1, 0.15) is 59.8 Å². The molecule has 1 aromatic carbocycles. The minimum Gasteiger partial charge on any atom is -0.394 e. The summed E-state index contributed by atoms with van der Waals surface area (Å²) in [6, 6.07) is 7.70. The molecule has 34 heavy (non-hydrogen) atoms. The van der Waals surface area contributed by atoms with E-state index in [9.17, 15) is 19.5 Å². The summed E-state index contributed by atoms with van der Waals surface area (Å²) in [6.45, 7) is 7.52. The van der Waals surface area contributed by atoms with Gasteiger partial charge in [-0.3, -0.25) is 14.4 Å². The van der Waals surface area contributed by atoms with E-state index in [2.05, 4.69) is 17.6 Å². The maximum atomic E-state index is 13.9. The fourth-order valence-electron chi connectivity index (χ4n) is 6.44. The molecule has 1 spiro atoms. The number of aliphatic hydroxyl groups excluding tert-OH is 1. The lowest BCUT2D eigenvalue weighted by molar-refractivity contribution is -0.149. The molecule has 3 fully saturated rings. The van der Waals surface area contributed by atoms with E-state index >= 15 is 0 Å². The summed E-state index contributed by atoms with van der Waals surface area (Å²) in [4.78, 5) is 42.7. The Kier molecular flexibility index (Phi) is 6.75. The molecule has 4 rings (SSSR count). The largest absolute Gasteiger partial charge is 0.394 e. The van der Waals surface area contributed by atoms with E-state index in [1.54, 1.807) is 12.1 Å². The number of hydrogen-bond acceptors (Lipinski definition) is 5. The molecular weight excluding hydrogens is 434 g/mol. The van der Waals surface area contributed by atoms with Crippen molar-refractivity contribution in [2.75, 3.05) is 11.9 Å². The Morgan fingerprint density at radius 1 is 1.21 bits per heavy atom. The zero-order valence-corrected chi connectivity index (χ0v) is 20.5. The van der Waals surface area contributed by atoms with E-state index in [1.807, 2.05) is 39.0 Å². The highest BCUT2D eigenvalue weighted by Crippen LogP contribution is 2.63. The average molecular weight is 472 g/mol. The molecule has 8 nitrogen and oxygen atoms in total. The molecule has 3 amide bonds. The van der Waals surface area contributed by atoms with Gasteiger partial charge in [0, 0.05) is 11.7 Å². The molecule has 0 saturated carbocycles. The molecule has 2 bridgehead atoms. The maximum absolute atomic E-state index is 13.9. The lowest BCUT2D eigenvalue weighted by Crippen LogP contribution is -2.59. The number of likely N-dealkylation sites (tertiary alicyclic amines) is 1. The molecule has 3 N–H and O–H groups in total. The van der Waals surface area contributed by atoms with Gasteiger partial charge >= 0.3 is 0 Å². The molecule has 3 unspecified atom stereocenters. The van der Waals surface area contributed by atoms with Crippen LogP contribution in [0.25, 0.3) is 0 Å². The van der Waals surface area contributed by atoms with Gasteiger partial charge in [-0.25, -0.2) is 0 Å². The Balaban J connectivity index is 1.72. The molecule has 1 aromatic rings. The van der Waals surface area contributed by atoms with Crippen LogP contribution in [0.15, 0.2) is 30.3 Å². The Hall–Kier alpha value is -2.45. The monoisotopic (exact) mass is 471 g/mol. The summed E-state index contributed by atoms with van der Waals surface area (Å²) < 4.78 is 6.59. The predicted octanol–water partition coefficient (Wildman–Crippen LogP) is 2.47. The highest BCUT2D eigenvalue weighted by Gasteiger charge is 2.78. The van der Waals surface area contributed by atoms with Crippen molar-refractivity contribution in [2.24, 2.45) is 11.8 Å². The fraction of sp³-hybridized carbons (Fsp3) is 0.654. The average Bonchev–Trinajstić information content (AvgIpc) is 3.36. The zero-order valence-electron chi connectivity index (χ0n) is 20.5. The summed E-state index contributed by atoms with van der Waals surface area (Å²) in [5, 5.41) is 16.1. The molecule has 3 aliphatic rings. The number of hydrogen-bond donors (Lipinski definition) is 3. The first-order valence-corrected chi connectivity index (χ1v) is 12.5. The van der Waals surface area contributed by atoms with Crippen molar-refractivity contribution in [3.63, 3.8) is 0 Å². The lowest BCUT2D eigenvalue weighted by atomic mass is 9.66. The van der Waals surface area contributed by atoms with E-state index in [0.29, 0.717) is 24.9 Å². The first-order valence-electron chi connectivity index (χ1n) is 12.5. The quantitative estimate of drug-likeness (QED) is 0.513. The van der Waals surface area contributed by atoms with Gasteiger partial charge in [0.15, 0.2) is 0 Å². The van der Waals surface area contributed by atoms with Crippen LogP contribution in [-0.4, -0.2) is 63.7 Å². The number of rotatable bonds is 9. The van der Waals surface area contributed by atoms with Crippen molar-refractivity contribution in [3.05, 3.63) is 30.3 Å². The van der Waals surface area contributed by atoms with Crippen LogP contribution in [0, 0.1) is 11.8 Å². The van der Waals surface area contributed by atoms with Crippen molar-refractivity contribution in [2.45, 2.75) is 89.1 Å². The molecule has 3 aliphatic heterocycles. The van der Waals surface area contributed by atoms with Gasteiger partial charge < -0.3 is 25.4 Å². The number of anilines is 1. The summed E-state index contributed by atoms with van der Waals surface area (Å²) in [6.07, 6.45) is 3.35. The Morgan fingerprint density at radius 3 is 2.53 bits per heavy atom. The van der Waals surface area contributed by atoms with Crippen LogP contribution >= 0.6 is 0 Å². The van der Waals surface area contributed by atoms with Crippen LogP contribution in [0.2, 0.25) is 0 Å². The number of carbonyl (C=O) groups excluding carboxylic acids is 3. The molecule has 3 saturated heterocycles. The number of fused-ring (bicyclic) bond motifs is 1. The van der Waals surface area contributed by atoms with E-state index in [-0.39, 0.29) is 30.4 Å². The molecule has 0 aromatic heterocycles. The van der Waals surface area contributed by atoms with Gasteiger partial charge in [-0.15, -0.1) is 0 Å². The molecule has 0 radical (unpaired) electrons.